The highest BCUT2D eigenvalue weighted by atomic mass is 32.1. The molecule has 0 fully saturated rings. The van der Waals surface area contributed by atoms with E-state index in [1.165, 1.54) is 12.8 Å². The molecule has 2 aliphatic carbocycles. The molecule has 1 atom stereocenters. The smallest absolute Gasteiger partial charge is 0.0148 e. The molecule has 1 unspecified atom stereocenters. The summed E-state index contributed by atoms with van der Waals surface area (Å²) in [5.41, 5.74) is 4.42. The highest BCUT2D eigenvalue weighted by Gasteiger charge is 2.50. The molecule has 1 heterocycles. The lowest BCUT2D eigenvalue weighted by atomic mass is 9.60. The van der Waals surface area contributed by atoms with Gasteiger partial charge < -0.3 is 0 Å². The van der Waals surface area contributed by atoms with Crippen LogP contribution in [0.25, 0.3) is 0 Å². The van der Waals surface area contributed by atoms with Crippen molar-refractivity contribution in [2.75, 3.05) is 0 Å². The van der Waals surface area contributed by atoms with Gasteiger partial charge in [0.1, 0.15) is 0 Å². The summed E-state index contributed by atoms with van der Waals surface area (Å²) < 4.78 is 0. The Balaban J connectivity index is 2.08. The molecule has 0 spiro atoms. The van der Waals surface area contributed by atoms with Crippen LogP contribution >= 0.6 is 11.3 Å². The minimum atomic E-state index is 0.481. The Bertz CT molecular complexity index is 436. The third-order valence-corrected chi connectivity index (χ3v) is 6.61. The van der Waals surface area contributed by atoms with Crippen molar-refractivity contribution in [3.8, 4) is 0 Å². The second-order valence-electron chi connectivity index (χ2n) is 6.53. The summed E-state index contributed by atoms with van der Waals surface area (Å²) in [6.45, 7) is 12.0. The zero-order valence-electron chi connectivity index (χ0n) is 10.4. The highest BCUT2D eigenvalue weighted by Crippen LogP contribution is 2.59. The van der Waals surface area contributed by atoms with Crippen LogP contribution in [-0.4, -0.2) is 0 Å². The molecule has 0 radical (unpaired) electrons. The Morgan fingerprint density at radius 1 is 1.00 bits per heavy atom. The molecule has 0 bridgehead atoms. The largest absolute Gasteiger partial charge is 0.144 e. The average Bonchev–Trinajstić information content (AvgIpc) is 2.34. The lowest BCUT2D eigenvalue weighted by Crippen LogP contribution is -2.40. The van der Waals surface area contributed by atoms with E-state index in [2.05, 4.69) is 46.0 Å². The molecule has 0 N–H and O–H groups in total. The first-order valence-corrected chi connectivity index (χ1v) is 6.83. The van der Waals surface area contributed by atoms with Gasteiger partial charge in [0.15, 0.2) is 0 Å². The lowest BCUT2D eigenvalue weighted by molar-refractivity contribution is 0.298. The molecule has 0 amide bonds. The van der Waals surface area contributed by atoms with E-state index in [1.54, 1.807) is 20.9 Å². The molecule has 15 heavy (non-hydrogen) atoms. The van der Waals surface area contributed by atoms with Gasteiger partial charge in [0.05, 0.1) is 0 Å². The summed E-state index contributed by atoms with van der Waals surface area (Å²) in [6.07, 6.45) is 2.66. The van der Waals surface area contributed by atoms with Crippen LogP contribution in [0, 0.1) is 5.92 Å². The van der Waals surface area contributed by atoms with Crippen LogP contribution in [0.4, 0.5) is 0 Å². The maximum absolute atomic E-state index is 2.45. The fourth-order valence-electron chi connectivity index (χ4n) is 3.10. The topological polar surface area (TPSA) is 0 Å². The molecule has 0 nitrogen and oxygen atoms in total. The predicted octanol–water partition coefficient (Wildman–Crippen LogP) is 4.05. The fourth-order valence-corrected chi connectivity index (χ4v) is 4.83. The van der Waals surface area contributed by atoms with Crippen molar-refractivity contribution in [2.24, 2.45) is 5.92 Å². The van der Waals surface area contributed by atoms with E-state index in [4.69, 9.17) is 0 Å². The Morgan fingerprint density at radius 3 is 2.13 bits per heavy atom. The van der Waals surface area contributed by atoms with E-state index in [0.717, 1.165) is 5.92 Å². The van der Waals surface area contributed by atoms with Crippen molar-refractivity contribution in [3.05, 3.63) is 20.9 Å². The van der Waals surface area contributed by atoms with Crippen LogP contribution < -0.4 is 0 Å². The zero-order chi connectivity index (χ0) is 11.0. The SMILES string of the molecule is CC(C)C1(C)Cc2c1sc1c2CC1(C)C. The predicted molar refractivity (Wildman–Crippen MR) is 66.9 cm³/mol. The van der Waals surface area contributed by atoms with Gasteiger partial charge in [0.25, 0.3) is 0 Å². The zero-order valence-corrected chi connectivity index (χ0v) is 11.2. The van der Waals surface area contributed by atoms with Gasteiger partial charge in [-0.3, -0.25) is 0 Å². The van der Waals surface area contributed by atoms with Gasteiger partial charge >= 0.3 is 0 Å². The van der Waals surface area contributed by atoms with Gasteiger partial charge in [-0.15, -0.1) is 11.3 Å². The van der Waals surface area contributed by atoms with Crippen LogP contribution in [0.1, 0.15) is 55.5 Å². The summed E-state index contributed by atoms with van der Waals surface area (Å²) in [5.74, 6) is 0.783. The standard InChI is InChI=1S/C14H20S/c1-8(2)14(5)7-10-9-6-13(3,4)11(9)15-12(10)14/h8H,6-7H2,1-5H3. The lowest BCUT2D eigenvalue weighted by Gasteiger charge is -2.43. The van der Waals surface area contributed by atoms with E-state index < -0.39 is 0 Å². The van der Waals surface area contributed by atoms with E-state index in [-0.39, 0.29) is 0 Å². The van der Waals surface area contributed by atoms with Crippen molar-refractivity contribution >= 4 is 11.3 Å². The molecule has 0 saturated heterocycles. The van der Waals surface area contributed by atoms with Crippen molar-refractivity contribution in [1.82, 2.24) is 0 Å². The minimum absolute atomic E-state index is 0.481. The van der Waals surface area contributed by atoms with Crippen molar-refractivity contribution in [1.29, 1.82) is 0 Å². The summed E-state index contributed by atoms with van der Waals surface area (Å²) in [6, 6.07) is 0. The van der Waals surface area contributed by atoms with Gasteiger partial charge in [-0.2, -0.15) is 0 Å². The molecule has 1 aromatic heterocycles. The normalized spacial score (nSPS) is 30.5. The van der Waals surface area contributed by atoms with Crippen LogP contribution in [0.5, 0.6) is 0 Å². The molecule has 0 aromatic carbocycles. The van der Waals surface area contributed by atoms with E-state index in [9.17, 15) is 0 Å². The third kappa shape index (κ3) is 0.982. The highest BCUT2D eigenvalue weighted by molar-refractivity contribution is 7.13. The minimum Gasteiger partial charge on any atom is -0.144 e. The fraction of sp³-hybridized carbons (Fsp3) is 0.714. The van der Waals surface area contributed by atoms with Crippen LogP contribution in [0.3, 0.4) is 0 Å². The molecular weight excluding hydrogens is 200 g/mol. The van der Waals surface area contributed by atoms with Crippen molar-refractivity contribution in [3.63, 3.8) is 0 Å². The molecule has 82 valence electrons. The number of hydrogen-bond donors (Lipinski definition) is 0. The van der Waals surface area contributed by atoms with Crippen LogP contribution in [0.15, 0.2) is 0 Å². The first kappa shape index (κ1) is 9.89. The Kier molecular flexibility index (Phi) is 1.65. The van der Waals surface area contributed by atoms with Crippen LogP contribution in [0.2, 0.25) is 0 Å². The summed E-state index contributed by atoms with van der Waals surface area (Å²) in [4.78, 5) is 3.41. The number of thiophene rings is 1. The monoisotopic (exact) mass is 220 g/mol. The van der Waals surface area contributed by atoms with Crippen molar-refractivity contribution in [2.45, 2.75) is 58.3 Å². The Hall–Kier alpha value is -0.300. The molecule has 3 rings (SSSR count). The first-order chi connectivity index (χ1) is 6.86. The molecule has 2 aliphatic rings. The molecular formula is C14H20S. The maximum atomic E-state index is 2.45. The van der Waals surface area contributed by atoms with E-state index in [0.29, 0.717) is 10.8 Å². The van der Waals surface area contributed by atoms with Gasteiger partial charge in [-0.25, -0.2) is 0 Å². The van der Waals surface area contributed by atoms with E-state index in [1.807, 2.05) is 0 Å². The number of hydrogen-bond acceptors (Lipinski definition) is 1. The number of fused-ring (bicyclic) bond motifs is 3. The molecule has 0 saturated carbocycles. The van der Waals surface area contributed by atoms with Gasteiger partial charge in [0, 0.05) is 20.6 Å². The second kappa shape index (κ2) is 2.51. The average molecular weight is 220 g/mol. The molecule has 1 aromatic rings. The summed E-state index contributed by atoms with van der Waals surface area (Å²) >= 11 is 2.11. The molecule has 1 heteroatoms. The first-order valence-electron chi connectivity index (χ1n) is 6.02. The summed E-state index contributed by atoms with van der Waals surface area (Å²) in [7, 11) is 0. The summed E-state index contributed by atoms with van der Waals surface area (Å²) in [5, 5.41) is 0. The van der Waals surface area contributed by atoms with E-state index >= 15 is 0 Å². The van der Waals surface area contributed by atoms with Gasteiger partial charge in [-0.05, 0) is 29.9 Å². The van der Waals surface area contributed by atoms with Gasteiger partial charge in [-0.1, -0.05) is 34.6 Å². The Labute approximate surface area is 96.7 Å². The van der Waals surface area contributed by atoms with Gasteiger partial charge in [0.2, 0.25) is 0 Å². The second-order valence-corrected chi connectivity index (χ2v) is 7.55. The van der Waals surface area contributed by atoms with Crippen LogP contribution in [-0.2, 0) is 23.7 Å². The Morgan fingerprint density at radius 2 is 1.60 bits per heavy atom. The maximum Gasteiger partial charge on any atom is 0.0148 e. The quantitative estimate of drug-likeness (QED) is 0.670. The third-order valence-electron chi connectivity index (χ3n) is 4.69. The van der Waals surface area contributed by atoms with Crippen molar-refractivity contribution < 1.29 is 0 Å². The number of rotatable bonds is 1. The molecule has 0 aliphatic heterocycles.